The van der Waals surface area contributed by atoms with Gasteiger partial charge in [0.05, 0.1) is 5.92 Å². The fourth-order valence-corrected chi connectivity index (χ4v) is 1.28. The van der Waals surface area contributed by atoms with Gasteiger partial charge >= 0.3 is 5.97 Å². The summed E-state index contributed by atoms with van der Waals surface area (Å²) in [6.07, 6.45) is -0.139. The van der Waals surface area contributed by atoms with Crippen LogP contribution in [0.4, 0.5) is 13.2 Å². The Kier molecular flexibility index (Phi) is 3.89. The van der Waals surface area contributed by atoms with Crippen LogP contribution < -0.4 is 5.73 Å². The monoisotopic (exact) mass is 233 g/mol. The maximum atomic E-state index is 12.8. The third-order valence-corrected chi connectivity index (χ3v) is 2.16. The molecule has 0 bridgehead atoms. The third-order valence-electron chi connectivity index (χ3n) is 2.16. The van der Waals surface area contributed by atoms with Gasteiger partial charge in [-0.25, -0.2) is 13.2 Å². The van der Waals surface area contributed by atoms with Crippen LogP contribution in [0.15, 0.2) is 12.1 Å². The van der Waals surface area contributed by atoms with E-state index >= 15 is 0 Å². The molecule has 0 fully saturated rings. The van der Waals surface area contributed by atoms with Gasteiger partial charge in [0.2, 0.25) is 0 Å². The maximum Gasteiger partial charge on any atom is 0.308 e. The summed E-state index contributed by atoms with van der Waals surface area (Å²) in [5.41, 5.74) is 5.25. The Morgan fingerprint density at radius 2 is 1.81 bits per heavy atom. The summed E-state index contributed by atoms with van der Waals surface area (Å²) >= 11 is 0. The molecule has 0 spiro atoms. The summed E-state index contributed by atoms with van der Waals surface area (Å²) < 4.78 is 38.2. The van der Waals surface area contributed by atoms with Crippen molar-refractivity contribution in [3.63, 3.8) is 0 Å². The van der Waals surface area contributed by atoms with Crippen molar-refractivity contribution in [1.29, 1.82) is 0 Å². The number of halogens is 3. The number of rotatable bonds is 4. The highest BCUT2D eigenvalue weighted by Gasteiger charge is 2.18. The summed E-state index contributed by atoms with van der Waals surface area (Å²) in [5, 5.41) is 8.69. The average molecular weight is 233 g/mol. The smallest absolute Gasteiger partial charge is 0.308 e. The first-order chi connectivity index (χ1) is 7.45. The fourth-order valence-electron chi connectivity index (χ4n) is 1.28. The van der Waals surface area contributed by atoms with Crippen LogP contribution in [0.25, 0.3) is 0 Å². The highest BCUT2D eigenvalue weighted by Crippen LogP contribution is 2.16. The second kappa shape index (κ2) is 4.98. The Balaban J connectivity index is 2.93. The molecule has 0 unspecified atom stereocenters. The molecule has 0 heterocycles. The summed E-state index contributed by atoms with van der Waals surface area (Å²) in [4.78, 5) is 10.6. The number of carboxylic acids is 1. The Bertz CT molecular complexity index is 386. The molecule has 0 radical (unpaired) electrons. The number of benzene rings is 1. The minimum absolute atomic E-state index is 0.0641. The van der Waals surface area contributed by atoms with Gasteiger partial charge in [0.1, 0.15) is 0 Å². The lowest BCUT2D eigenvalue weighted by molar-refractivity contribution is -0.141. The molecule has 3 nitrogen and oxygen atoms in total. The average Bonchev–Trinajstić information content (AvgIpc) is 2.21. The first-order valence-electron chi connectivity index (χ1n) is 4.52. The topological polar surface area (TPSA) is 63.3 Å². The van der Waals surface area contributed by atoms with E-state index in [1.165, 1.54) is 0 Å². The number of aliphatic carboxylic acids is 1. The van der Waals surface area contributed by atoms with E-state index in [1.807, 2.05) is 0 Å². The molecule has 16 heavy (non-hydrogen) atoms. The lowest BCUT2D eigenvalue weighted by Crippen LogP contribution is -2.25. The van der Waals surface area contributed by atoms with Crippen molar-refractivity contribution in [2.45, 2.75) is 6.42 Å². The molecule has 0 saturated carbocycles. The van der Waals surface area contributed by atoms with E-state index in [-0.39, 0.29) is 18.5 Å². The lowest BCUT2D eigenvalue weighted by Gasteiger charge is -2.09. The SMILES string of the molecule is NC[C@@H](Cc1cc(F)c(F)c(F)c1)C(=O)O. The molecule has 3 N–H and O–H groups in total. The molecule has 0 aliphatic carbocycles. The van der Waals surface area contributed by atoms with Gasteiger partial charge < -0.3 is 10.8 Å². The quantitative estimate of drug-likeness (QED) is 0.770. The predicted molar refractivity (Wildman–Crippen MR) is 50.2 cm³/mol. The van der Waals surface area contributed by atoms with Crippen LogP contribution in [-0.2, 0) is 11.2 Å². The van der Waals surface area contributed by atoms with Gasteiger partial charge in [0.25, 0.3) is 0 Å². The van der Waals surface area contributed by atoms with E-state index in [1.54, 1.807) is 0 Å². The molecule has 88 valence electrons. The zero-order valence-electron chi connectivity index (χ0n) is 8.21. The molecule has 6 heteroatoms. The second-order valence-corrected chi connectivity index (χ2v) is 3.35. The molecule has 1 rings (SSSR count). The minimum atomic E-state index is -1.57. The first kappa shape index (κ1) is 12.5. The van der Waals surface area contributed by atoms with Crippen molar-refractivity contribution < 1.29 is 23.1 Å². The molecular formula is C10H10F3NO2. The maximum absolute atomic E-state index is 12.8. The zero-order chi connectivity index (χ0) is 12.3. The summed E-state index contributed by atoms with van der Waals surface area (Å²) in [6, 6.07) is 1.54. The van der Waals surface area contributed by atoms with Crippen LogP contribution in [-0.4, -0.2) is 17.6 Å². The van der Waals surface area contributed by atoms with Gasteiger partial charge in [-0.15, -0.1) is 0 Å². The number of carboxylic acid groups (broad SMARTS) is 1. The van der Waals surface area contributed by atoms with E-state index in [9.17, 15) is 18.0 Å². The second-order valence-electron chi connectivity index (χ2n) is 3.35. The number of hydrogen-bond acceptors (Lipinski definition) is 2. The molecule has 1 atom stereocenters. The van der Waals surface area contributed by atoms with E-state index < -0.39 is 29.3 Å². The zero-order valence-corrected chi connectivity index (χ0v) is 8.21. The fraction of sp³-hybridized carbons (Fsp3) is 0.300. The molecular weight excluding hydrogens is 223 g/mol. The Labute approximate surface area is 89.7 Å². The Hall–Kier alpha value is -1.56. The van der Waals surface area contributed by atoms with Gasteiger partial charge in [-0.3, -0.25) is 4.79 Å². The van der Waals surface area contributed by atoms with Gasteiger partial charge in [-0.1, -0.05) is 0 Å². The first-order valence-corrected chi connectivity index (χ1v) is 4.52. The van der Waals surface area contributed by atoms with Crippen LogP contribution in [0, 0.1) is 23.4 Å². The normalized spacial score (nSPS) is 12.5. The van der Waals surface area contributed by atoms with Crippen LogP contribution in [0.2, 0.25) is 0 Å². The number of nitrogens with two attached hydrogens (primary N) is 1. The Morgan fingerprint density at radius 1 is 1.31 bits per heavy atom. The van der Waals surface area contributed by atoms with Gasteiger partial charge in [0.15, 0.2) is 17.5 Å². The molecule has 1 aromatic carbocycles. The molecule has 0 aliphatic heterocycles. The van der Waals surface area contributed by atoms with Crippen molar-refractivity contribution in [2.24, 2.45) is 11.7 Å². The van der Waals surface area contributed by atoms with Gasteiger partial charge in [0, 0.05) is 6.54 Å². The van der Waals surface area contributed by atoms with E-state index in [2.05, 4.69) is 0 Å². The predicted octanol–water partition coefficient (Wildman–Crippen LogP) is 1.31. The molecule has 0 amide bonds. The van der Waals surface area contributed by atoms with Crippen molar-refractivity contribution in [3.05, 3.63) is 35.1 Å². The van der Waals surface area contributed by atoms with Gasteiger partial charge in [-0.05, 0) is 24.1 Å². The highest BCUT2D eigenvalue weighted by molar-refractivity contribution is 5.70. The van der Waals surface area contributed by atoms with Crippen LogP contribution in [0.3, 0.4) is 0 Å². The van der Waals surface area contributed by atoms with E-state index in [4.69, 9.17) is 10.8 Å². The summed E-state index contributed by atoms with van der Waals surface area (Å²) in [6.45, 7) is -0.157. The highest BCUT2D eigenvalue weighted by atomic mass is 19.2. The van der Waals surface area contributed by atoms with E-state index in [0.29, 0.717) is 0 Å². The lowest BCUT2D eigenvalue weighted by atomic mass is 9.99. The number of carbonyl (C=O) groups is 1. The summed E-state index contributed by atoms with van der Waals surface area (Å²) in [5.74, 6) is -6.34. The molecule has 0 aromatic heterocycles. The Morgan fingerprint density at radius 3 is 2.19 bits per heavy atom. The largest absolute Gasteiger partial charge is 0.481 e. The van der Waals surface area contributed by atoms with E-state index in [0.717, 1.165) is 12.1 Å². The van der Waals surface area contributed by atoms with Gasteiger partial charge in [-0.2, -0.15) is 0 Å². The number of hydrogen-bond donors (Lipinski definition) is 2. The summed E-state index contributed by atoms with van der Waals surface area (Å²) in [7, 11) is 0. The van der Waals surface area contributed by atoms with Crippen LogP contribution in [0.1, 0.15) is 5.56 Å². The molecule has 0 saturated heterocycles. The van der Waals surface area contributed by atoms with Crippen LogP contribution in [0.5, 0.6) is 0 Å². The third kappa shape index (κ3) is 2.73. The van der Waals surface area contributed by atoms with Crippen molar-refractivity contribution >= 4 is 5.97 Å². The van der Waals surface area contributed by atoms with Crippen LogP contribution >= 0.6 is 0 Å². The minimum Gasteiger partial charge on any atom is -0.481 e. The molecule has 0 aliphatic rings. The van der Waals surface area contributed by atoms with Crippen molar-refractivity contribution in [1.82, 2.24) is 0 Å². The standard InChI is InChI=1S/C10H10F3NO2/c11-7-2-5(3-8(12)9(7)13)1-6(4-14)10(15)16/h2-3,6H,1,4,14H2,(H,15,16)/t6-/m1/s1. The molecule has 1 aromatic rings. The van der Waals surface area contributed by atoms with Crippen molar-refractivity contribution in [3.8, 4) is 0 Å². The van der Waals surface area contributed by atoms with Crippen molar-refractivity contribution in [2.75, 3.05) is 6.54 Å².